The number of rotatable bonds is 13. The van der Waals surface area contributed by atoms with Crippen molar-refractivity contribution in [2.75, 3.05) is 18.4 Å². The first-order valence-corrected chi connectivity index (χ1v) is 10.7. The Morgan fingerprint density at radius 2 is 1.69 bits per heavy atom. The van der Waals surface area contributed by atoms with E-state index in [-0.39, 0.29) is 18.4 Å². The van der Waals surface area contributed by atoms with Crippen LogP contribution in [0.2, 0.25) is 0 Å². The fourth-order valence-corrected chi connectivity index (χ4v) is 3.19. The zero-order chi connectivity index (χ0) is 20.9. The lowest BCUT2D eigenvalue weighted by molar-refractivity contribution is -0.117. The van der Waals surface area contributed by atoms with E-state index in [0.717, 1.165) is 38.5 Å². The molecule has 0 fully saturated rings. The average molecular weight is 400 g/mol. The highest BCUT2D eigenvalue weighted by Crippen LogP contribution is 2.13. The van der Waals surface area contributed by atoms with Gasteiger partial charge in [-0.1, -0.05) is 63.2 Å². The summed E-state index contributed by atoms with van der Waals surface area (Å²) in [6, 6.07) is 9.36. The van der Waals surface area contributed by atoms with E-state index in [9.17, 15) is 9.59 Å². The molecule has 0 unspecified atom stereocenters. The topological polar surface area (TPSA) is 75.4 Å². The van der Waals surface area contributed by atoms with E-state index < -0.39 is 0 Å². The Balaban J connectivity index is 1.99. The van der Waals surface area contributed by atoms with E-state index in [1.165, 1.54) is 24.7 Å². The van der Waals surface area contributed by atoms with E-state index in [4.69, 9.17) is 4.52 Å². The summed E-state index contributed by atoms with van der Waals surface area (Å²) in [7, 11) is 0. The maximum Gasteiger partial charge on any atom is 0.254 e. The zero-order valence-electron chi connectivity index (χ0n) is 17.7. The van der Waals surface area contributed by atoms with Crippen molar-refractivity contribution in [3.8, 4) is 0 Å². The summed E-state index contributed by atoms with van der Waals surface area (Å²) < 4.78 is 4.73. The molecule has 6 nitrogen and oxygen atoms in total. The van der Waals surface area contributed by atoms with Gasteiger partial charge in [0.2, 0.25) is 5.91 Å². The van der Waals surface area contributed by atoms with Crippen LogP contribution < -0.4 is 5.32 Å². The molecule has 0 aliphatic heterocycles. The van der Waals surface area contributed by atoms with Gasteiger partial charge in [-0.05, 0) is 37.0 Å². The van der Waals surface area contributed by atoms with E-state index >= 15 is 0 Å². The SMILES string of the molecule is CCCCCCN(CC(=O)Nc1ccon1)C(=O)c1ccc(CCCCC)cc1. The van der Waals surface area contributed by atoms with Crippen LogP contribution in [0.3, 0.4) is 0 Å². The lowest BCUT2D eigenvalue weighted by Crippen LogP contribution is -2.38. The Morgan fingerprint density at radius 1 is 0.966 bits per heavy atom. The molecule has 0 radical (unpaired) electrons. The van der Waals surface area contributed by atoms with Gasteiger partial charge in [-0.2, -0.15) is 0 Å². The highest BCUT2D eigenvalue weighted by Gasteiger charge is 2.19. The van der Waals surface area contributed by atoms with Gasteiger partial charge in [-0.15, -0.1) is 0 Å². The van der Waals surface area contributed by atoms with E-state index in [1.54, 1.807) is 11.0 Å². The smallest absolute Gasteiger partial charge is 0.254 e. The quantitative estimate of drug-likeness (QED) is 0.477. The van der Waals surface area contributed by atoms with Crippen molar-refractivity contribution in [1.29, 1.82) is 0 Å². The third-order valence-electron chi connectivity index (χ3n) is 4.88. The molecule has 1 aromatic carbocycles. The zero-order valence-corrected chi connectivity index (χ0v) is 17.7. The number of hydrogen-bond acceptors (Lipinski definition) is 4. The minimum absolute atomic E-state index is 0.00390. The number of hydrogen-bond donors (Lipinski definition) is 1. The predicted molar refractivity (Wildman–Crippen MR) is 115 cm³/mol. The van der Waals surface area contributed by atoms with Gasteiger partial charge < -0.3 is 14.7 Å². The molecule has 1 heterocycles. The summed E-state index contributed by atoms with van der Waals surface area (Å²) in [5.41, 5.74) is 1.86. The average Bonchev–Trinajstić information content (AvgIpc) is 3.23. The minimum Gasteiger partial charge on any atom is -0.363 e. The number of benzene rings is 1. The number of carbonyl (C=O) groups excluding carboxylic acids is 2. The highest BCUT2D eigenvalue weighted by molar-refractivity contribution is 5.99. The van der Waals surface area contributed by atoms with Gasteiger partial charge in [0.1, 0.15) is 12.8 Å². The van der Waals surface area contributed by atoms with Crippen molar-refractivity contribution in [3.05, 3.63) is 47.7 Å². The molecule has 6 heteroatoms. The Kier molecular flexibility index (Phi) is 9.96. The van der Waals surface area contributed by atoms with Crippen molar-refractivity contribution < 1.29 is 14.1 Å². The van der Waals surface area contributed by atoms with Gasteiger partial charge in [0, 0.05) is 18.2 Å². The van der Waals surface area contributed by atoms with E-state index in [0.29, 0.717) is 17.9 Å². The summed E-state index contributed by atoms with van der Waals surface area (Å²) in [5.74, 6) is -0.0411. The van der Waals surface area contributed by atoms with Gasteiger partial charge in [0.25, 0.3) is 5.91 Å². The largest absolute Gasteiger partial charge is 0.363 e. The molecule has 2 aromatic rings. The molecule has 2 amide bonds. The number of aryl methyl sites for hydroxylation is 1. The molecule has 0 spiro atoms. The van der Waals surface area contributed by atoms with Crippen LogP contribution in [0.25, 0.3) is 0 Å². The third kappa shape index (κ3) is 8.10. The van der Waals surface area contributed by atoms with E-state index in [2.05, 4.69) is 24.3 Å². The standard InChI is InChI=1S/C23H33N3O3/c1-3-5-7-9-16-26(18-22(27)24-21-15-17-29-25-21)23(28)20-13-11-19(12-14-20)10-8-6-4-2/h11-15,17H,3-10,16,18H2,1-2H3,(H,24,25,27). The van der Waals surface area contributed by atoms with Gasteiger partial charge in [0.15, 0.2) is 5.82 Å². The second-order valence-electron chi connectivity index (χ2n) is 7.37. The summed E-state index contributed by atoms with van der Waals surface area (Å²) in [4.78, 5) is 27.0. The Morgan fingerprint density at radius 3 is 2.34 bits per heavy atom. The first-order valence-electron chi connectivity index (χ1n) is 10.7. The maximum absolute atomic E-state index is 13.0. The van der Waals surface area contributed by atoms with Crippen molar-refractivity contribution >= 4 is 17.6 Å². The van der Waals surface area contributed by atoms with E-state index in [1.807, 2.05) is 24.3 Å². The summed E-state index contributed by atoms with van der Waals surface area (Å²) >= 11 is 0. The van der Waals surface area contributed by atoms with Crippen LogP contribution in [0.4, 0.5) is 5.82 Å². The third-order valence-corrected chi connectivity index (χ3v) is 4.88. The molecule has 0 atom stereocenters. The van der Waals surface area contributed by atoms with Crippen molar-refractivity contribution in [2.24, 2.45) is 0 Å². The monoisotopic (exact) mass is 399 g/mol. The van der Waals surface area contributed by atoms with Gasteiger partial charge >= 0.3 is 0 Å². The first-order chi connectivity index (χ1) is 14.1. The Bertz CT molecular complexity index is 726. The minimum atomic E-state index is -0.279. The molecular formula is C23H33N3O3. The van der Waals surface area contributed by atoms with Crippen LogP contribution in [0.1, 0.15) is 74.7 Å². The number of carbonyl (C=O) groups is 2. The number of anilines is 1. The number of unbranched alkanes of at least 4 members (excludes halogenated alkanes) is 5. The molecule has 0 saturated heterocycles. The van der Waals surface area contributed by atoms with Crippen molar-refractivity contribution in [1.82, 2.24) is 10.1 Å². The van der Waals surface area contributed by atoms with Crippen LogP contribution in [0.15, 0.2) is 41.1 Å². The molecular weight excluding hydrogens is 366 g/mol. The summed E-state index contributed by atoms with van der Waals surface area (Å²) in [6.07, 6.45) is 10.2. The molecule has 1 aromatic heterocycles. The molecule has 0 aliphatic carbocycles. The molecule has 0 bridgehead atoms. The van der Waals surface area contributed by atoms with Crippen molar-refractivity contribution in [2.45, 2.75) is 65.2 Å². The summed E-state index contributed by atoms with van der Waals surface area (Å²) in [6.45, 7) is 4.89. The maximum atomic E-state index is 13.0. The number of nitrogens with zero attached hydrogens (tertiary/aromatic N) is 2. The van der Waals surface area contributed by atoms with Crippen LogP contribution >= 0.6 is 0 Å². The first kappa shape index (κ1) is 22.7. The Hall–Kier alpha value is -2.63. The van der Waals surface area contributed by atoms with Crippen LogP contribution in [-0.2, 0) is 11.2 Å². The van der Waals surface area contributed by atoms with Gasteiger partial charge in [-0.3, -0.25) is 9.59 Å². The lowest BCUT2D eigenvalue weighted by Gasteiger charge is -2.22. The highest BCUT2D eigenvalue weighted by atomic mass is 16.5. The predicted octanol–water partition coefficient (Wildman–Crippen LogP) is 5.07. The molecule has 1 N–H and O–H groups in total. The molecule has 29 heavy (non-hydrogen) atoms. The van der Waals surface area contributed by atoms with Crippen LogP contribution in [0.5, 0.6) is 0 Å². The van der Waals surface area contributed by atoms with Crippen LogP contribution in [-0.4, -0.2) is 35.0 Å². The van der Waals surface area contributed by atoms with Crippen molar-refractivity contribution in [3.63, 3.8) is 0 Å². The fourth-order valence-electron chi connectivity index (χ4n) is 3.19. The van der Waals surface area contributed by atoms with Gasteiger partial charge in [0.05, 0.1) is 0 Å². The lowest BCUT2D eigenvalue weighted by atomic mass is 10.0. The summed E-state index contributed by atoms with van der Waals surface area (Å²) in [5, 5.41) is 6.34. The van der Waals surface area contributed by atoms with Crippen LogP contribution in [0, 0.1) is 0 Å². The van der Waals surface area contributed by atoms with Gasteiger partial charge in [-0.25, -0.2) is 0 Å². The number of nitrogens with one attached hydrogen (secondary N) is 1. The normalized spacial score (nSPS) is 10.7. The number of aromatic nitrogens is 1. The second kappa shape index (κ2) is 12.8. The second-order valence-corrected chi connectivity index (χ2v) is 7.37. The Labute approximate surface area is 173 Å². The molecule has 0 saturated carbocycles. The fraction of sp³-hybridized carbons (Fsp3) is 0.522. The number of amides is 2. The molecule has 2 rings (SSSR count). The molecule has 158 valence electrons. The molecule has 0 aliphatic rings.